The van der Waals surface area contributed by atoms with Gasteiger partial charge in [0.1, 0.15) is 5.65 Å². The molecule has 1 aromatic carbocycles. The maximum atomic E-state index is 12.7. The number of benzene rings is 1. The van der Waals surface area contributed by atoms with Crippen molar-refractivity contribution in [1.29, 1.82) is 0 Å². The van der Waals surface area contributed by atoms with Gasteiger partial charge in [0, 0.05) is 25.0 Å². The smallest absolute Gasteiger partial charge is 0.253 e. The van der Waals surface area contributed by atoms with Crippen LogP contribution in [0.1, 0.15) is 35.3 Å². The molecule has 1 aliphatic rings. The number of hydrogen-bond donors (Lipinski definition) is 1. The number of aromatic nitrogens is 2. The molecular weight excluding hydrogens is 348 g/mol. The van der Waals surface area contributed by atoms with Crippen LogP contribution in [0.3, 0.4) is 0 Å². The molecule has 0 saturated carbocycles. The zero-order valence-electron chi connectivity index (χ0n) is 14.5. The Balaban J connectivity index is 1.50. The van der Waals surface area contributed by atoms with Gasteiger partial charge in [-0.3, -0.25) is 4.79 Å². The monoisotopic (exact) mass is 368 g/mol. The van der Waals surface area contributed by atoms with Gasteiger partial charge in [-0.25, -0.2) is 4.98 Å². The van der Waals surface area contributed by atoms with Crippen LogP contribution in [0.15, 0.2) is 48.8 Å². The van der Waals surface area contributed by atoms with Gasteiger partial charge in [-0.1, -0.05) is 17.7 Å². The molecule has 1 saturated heterocycles. The molecule has 0 aliphatic carbocycles. The summed E-state index contributed by atoms with van der Waals surface area (Å²) < 4.78 is 1.96. The van der Waals surface area contributed by atoms with Gasteiger partial charge >= 0.3 is 0 Å². The van der Waals surface area contributed by atoms with Gasteiger partial charge in [0.2, 0.25) is 0 Å². The molecule has 0 spiro atoms. The van der Waals surface area contributed by atoms with Crippen LogP contribution >= 0.6 is 11.6 Å². The van der Waals surface area contributed by atoms with Gasteiger partial charge < -0.3 is 14.6 Å². The second kappa shape index (κ2) is 7.38. The Kier molecular flexibility index (Phi) is 4.80. The summed E-state index contributed by atoms with van der Waals surface area (Å²) in [5, 5.41) is 3.44. The number of rotatable bonds is 4. The Bertz CT molecular complexity index is 930. The summed E-state index contributed by atoms with van der Waals surface area (Å²) in [7, 11) is 0. The van der Waals surface area contributed by atoms with E-state index in [4.69, 9.17) is 11.6 Å². The fraction of sp³-hybridized carbons (Fsp3) is 0.300. The van der Waals surface area contributed by atoms with Crippen LogP contribution in [-0.4, -0.2) is 28.4 Å². The van der Waals surface area contributed by atoms with Crippen molar-refractivity contribution >= 4 is 28.8 Å². The van der Waals surface area contributed by atoms with Crippen molar-refractivity contribution < 1.29 is 4.79 Å². The van der Waals surface area contributed by atoms with Gasteiger partial charge in [-0.2, -0.15) is 0 Å². The summed E-state index contributed by atoms with van der Waals surface area (Å²) in [5.41, 5.74) is 3.37. The molecule has 1 amide bonds. The number of fused-ring (bicyclic) bond motifs is 1. The van der Waals surface area contributed by atoms with Crippen molar-refractivity contribution in [2.24, 2.45) is 0 Å². The van der Waals surface area contributed by atoms with Crippen LogP contribution in [0.4, 0.5) is 5.69 Å². The van der Waals surface area contributed by atoms with E-state index in [1.165, 1.54) is 19.3 Å². The lowest BCUT2D eigenvalue weighted by atomic mass is 10.1. The third kappa shape index (κ3) is 3.40. The van der Waals surface area contributed by atoms with Crippen LogP contribution in [0, 0.1) is 0 Å². The maximum Gasteiger partial charge on any atom is 0.253 e. The van der Waals surface area contributed by atoms with E-state index in [9.17, 15) is 4.79 Å². The summed E-state index contributed by atoms with van der Waals surface area (Å²) in [5.74, 6) is -0.167. The fourth-order valence-electron chi connectivity index (χ4n) is 3.42. The van der Waals surface area contributed by atoms with Crippen molar-refractivity contribution in [2.75, 3.05) is 18.0 Å². The quantitative estimate of drug-likeness (QED) is 0.759. The molecule has 0 atom stereocenters. The first-order chi connectivity index (χ1) is 12.7. The lowest BCUT2D eigenvalue weighted by Crippen LogP contribution is -2.30. The van der Waals surface area contributed by atoms with E-state index in [1.54, 1.807) is 6.20 Å². The highest BCUT2D eigenvalue weighted by Crippen LogP contribution is 2.25. The summed E-state index contributed by atoms with van der Waals surface area (Å²) in [6.07, 6.45) is 7.38. The van der Waals surface area contributed by atoms with E-state index in [0.717, 1.165) is 30.1 Å². The van der Waals surface area contributed by atoms with Gasteiger partial charge in [0.05, 0.1) is 29.0 Å². The first-order valence-corrected chi connectivity index (χ1v) is 9.34. The van der Waals surface area contributed by atoms with Crippen molar-refractivity contribution in [1.82, 2.24) is 14.7 Å². The van der Waals surface area contributed by atoms with Gasteiger partial charge in [-0.05, 0) is 49.6 Å². The minimum absolute atomic E-state index is 0.167. The molecule has 1 N–H and O–H groups in total. The number of carbonyl (C=O) groups is 1. The van der Waals surface area contributed by atoms with Crippen LogP contribution in [0.5, 0.6) is 0 Å². The summed E-state index contributed by atoms with van der Waals surface area (Å²) in [6, 6.07) is 11.5. The third-order valence-electron chi connectivity index (χ3n) is 4.84. The Morgan fingerprint density at radius 1 is 1.15 bits per heavy atom. The van der Waals surface area contributed by atoms with Crippen molar-refractivity contribution in [2.45, 2.75) is 25.8 Å². The number of amides is 1. The lowest BCUT2D eigenvalue weighted by molar-refractivity contribution is 0.0950. The minimum Gasteiger partial charge on any atom is -0.372 e. The fourth-order valence-corrected chi connectivity index (χ4v) is 3.62. The number of pyridine rings is 1. The van der Waals surface area contributed by atoms with Crippen LogP contribution < -0.4 is 10.2 Å². The third-order valence-corrected chi connectivity index (χ3v) is 5.17. The summed E-state index contributed by atoms with van der Waals surface area (Å²) in [4.78, 5) is 19.3. The summed E-state index contributed by atoms with van der Waals surface area (Å²) in [6.45, 7) is 2.46. The topological polar surface area (TPSA) is 49.6 Å². The second-order valence-corrected chi connectivity index (χ2v) is 6.98. The number of nitrogens with zero attached hydrogens (tertiary/aromatic N) is 3. The number of hydrogen-bond acceptors (Lipinski definition) is 3. The molecule has 0 bridgehead atoms. The standard InChI is InChI=1S/C20H21ClN4O/c21-18-8-7-15(24-9-3-1-4-10-24)12-17(18)20(26)23-14-16-13-22-19-6-2-5-11-25(16)19/h2,5-8,11-13H,1,3-4,9-10,14H2,(H,23,26). The van der Waals surface area contributed by atoms with Crippen molar-refractivity contribution in [3.63, 3.8) is 0 Å². The van der Waals surface area contributed by atoms with Crippen LogP contribution in [0.2, 0.25) is 5.02 Å². The largest absolute Gasteiger partial charge is 0.372 e. The average Bonchev–Trinajstić information content (AvgIpc) is 3.10. The van der Waals surface area contributed by atoms with E-state index < -0.39 is 0 Å². The molecule has 1 aliphatic heterocycles. The van der Waals surface area contributed by atoms with Gasteiger partial charge in [-0.15, -0.1) is 0 Å². The molecule has 3 heterocycles. The molecule has 0 radical (unpaired) electrons. The highest BCUT2D eigenvalue weighted by molar-refractivity contribution is 6.34. The van der Waals surface area contributed by atoms with E-state index in [1.807, 2.05) is 47.0 Å². The van der Waals surface area contributed by atoms with Crippen LogP contribution in [0.25, 0.3) is 5.65 Å². The first kappa shape index (κ1) is 16.9. The molecule has 1 fully saturated rings. The first-order valence-electron chi connectivity index (χ1n) is 8.96. The number of anilines is 1. The second-order valence-electron chi connectivity index (χ2n) is 6.57. The van der Waals surface area contributed by atoms with E-state index >= 15 is 0 Å². The number of piperidine rings is 1. The highest BCUT2D eigenvalue weighted by Gasteiger charge is 2.16. The van der Waals surface area contributed by atoms with Gasteiger partial charge in [0.25, 0.3) is 5.91 Å². The zero-order chi connectivity index (χ0) is 17.9. The van der Waals surface area contributed by atoms with E-state index in [-0.39, 0.29) is 5.91 Å². The van der Waals surface area contributed by atoms with Crippen molar-refractivity contribution in [3.05, 3.63) is 65.1 Å². The minimum atomic E-state index is -0.167. The molecular formula is C20H21ClN4O. The molecule has 5 nitrogen and oxygen atoms in total. The highest BCUT2D eigenvalue weighted by atomic mass is 35.5. The Morgan fingerprint density at radius 3 is 2.85 bits per heavy atom. The number of imidazole rings is 1. The number of halogens is 1. The summed E-state index contributed by atoms with van der Waals surface area (Å²) >= 11 is 6.29. The Labute approximate surface area is 157 Å². The SMILES string of the molecule is O=C(NCc1cnc2ccccn12)c1cc(N2CCCCC2)ccc1Cl. The van der Waals surface area contributed by atoms with Gasteiger partial charge in [0.15, 0.2) is 0 Å². The molecule has 2 aromatic heterocycles. The zero-order valence-corrected chi connectivity index (χ0v) is 15.2. The van der Waals surface area contributed by atoms with Crippen molar-refractivity contribution in [3.8, 4) is 0 Å². The molecule has 4 rings (SSSR count). The number of nitrogens with one attached hydrogen (secondary N) is 1. The predicted octanol–water partition coefficient (Wildman–Crippen LogP) is 3.91. The van der Waals surface area contributed by atoms with Crippen LogP contribution in [-0.2, 0) is 6.54 Å². The number of carbonyl (C=O) groups excluding carboxylic acids is 1. The molecule has 3 aromatic rings. The maximum absolute atomic E-state index is 12.7. The Hall–Kier alpha value is -2.53. The molecule has 0 unspecified atom stereocenters. The Morgan fingerprint density at radius 2 is 2.00 bits per heavy atom. The molecule has 6 heteroatoms. The van der Waals surface area contributed by atoms with E-state index in [0.29, 0.717) is 17.1 Å². The lowest BCUT2D eigenvalue weighted by Gasteiger charge is -2.29. The molecule has 134 valence electrons. The molecule has 26 heavy (non-hydrogen) atoms. The predicted molar refractivity (Wildman–Crippen MR) is 104 cm³/mol. The normalized spacial score (nSPS) is 14.6. The van der Waals surface area contributed by atoms with E-state index in [2.05, 4.69) is 15.2 Å². The average molecular weight is 369 g/mol.